The summed E-state index contributed by atoms with van der Waals surface area (Å²) in [5.74, 6) is 0. The zero-order valence-corrected chi connectivity index (χ0v) is 8.04. The molecule has 1 aromatic heterocycles. The molecule has 0 amide bonds. The van der Waals surface area contributed by atoms with Crippen molar-refractivity contribution in [2.75, 3.05) is 0 Å². The van der Waals surface area contributed by atoms with E-state index >= 15 is 0 Å². The molecule has 12 heavy (non-hydrogen) atoms. The predicted octanol–water partition coefficient (Wildman–Crippen LogP) is 2.52. The fourth-order valence-electron chi connectivity index (χ4n) is 1.52. The monoisotopic (exact) mass is 164 g/mol. The lowest BCUT2D eigenvalue weighted by atomic mass is 9.92. The van der Waals surface area contributed by atoms with E-state index in [1.165, 1.54) is 18.5 Å². The van der Waals surface area contributed by atoms with Gasteiger partial charge in [-0.3, -0.25) is 4.68 Å². The molecule has 1 aliphatic carbocycles. The van der Waals surface area contributed by atoms with Gasteiger partial charge in [0.05, 0.1) is 6.04 Å². The van der Waals surface area contributed by atoms with Gasteiger partial charge < -0.3 is 0 Å². The van der Waals surface area contributed by atoms with Crippen molar-refractivity contribution in [1.29, 1.82) is 0 Å². The van der Waals surface area contributed by atoms with Gasteiger partial charge >= 0.3 is 0 Å². The highest BCUT2D eigenvalue weighted by Gasteiger charge is 2.29. The van der Waals surface area contributed by atoms with Crippen molar-refractivity contribution in [3.63, 3.8) is 0 Å². The molecular weight excluding hydrogens is 148 g/mol. The molecule has 0 bridgehead atoms. The molecule has 2 heteroatoms. The largest absolute Gasteiger partial charge is 0.266 e. The smallest absolute Gasteiger partial charge is 0.0524 e. The number of hydrogen-bond donors (Lipinski definition) is 0. The van der Waals surface area contributed by atoms with E-state index in [-0.39, 0.29) is 5.41 Å². The Morgan fingerprint density at radius 2 is 2.08 bits per heavy atom. The van der Waals surface area contributed by atoms with Crippen LogP contribution in [0.5, 0.6) is 0 Å². The first-order chi connectivity index (χ1) is 5.59. The van der Waals surface area contributed by atoms with Crippen molar-refractivity contribution in [1.82, 2.24) is 9.78 Å². The molecule has 0 unspecified atom stereocenters. The minimum atomic E-state index is 0.235. The van der Waals surface area contributed by atoms with Crippen LogP contribution in [-0.2, 0) is 5.41 Å². The first kappa shape index (κ1) is 7.84. The molecular formula is C10H16N2. The van der Waals surface area contributed by atoms with Gasteiger partial charge in [0.15, 0.2) is 0 Å². The number of nitrogens with zero attached hydrogens (tertiary/aromatic N) is 2. The average Bonchev–Trinajstić information content (AvgIpc) is 2.65. The summed E-state index contributed by atoms with van der Waals surface area (Å²) in [5.41, 5.74) is 1.60. The normalized spacial score (nSPS) is 18.2. The summed E-state index contributed by atoms with van der Waals surface area (Å²) in [5, 5.41) is 4.36. The molecule has 0 aliphatic heterocycles. The molecule has 0 saturated heterocycles. The lowest BCUT2D eigenvalue weighted by Gasteiger charge is -2.19. The van der Waals surface area contributed by atoms with E-state index in [9.17, 15) is 0 Å². The lowest BCUT2D eigenvalue weighted by molar-refractivity contribution is 0.491. The molecule has 0 radical (unpaired) electrons. The SMILES string of the molecule is CC(C)(C)c1ccnn1C1CC1. The van der Waals surface area contributed by atoms with Crippen LogP contribution >= 0.6 is 0 Å². The van der Waals surface area contributed by atoms with Gasteiger partial charge in [0.2, 0.25) is 0 Å². The molecule has 2 nitrogen and oxygen atoms in total. The highest BCUT2D eigenvalue weighted by Crippen LogP contribution is 2.37. The molecule has 1 heterocycles. The summed E-state index contributed by atoms with van der Waals surface area (Å²) in [6.07, 6.45) is 4.54. The predicted molar refractivity (Wildman–Crippen MR) is 49.2 cm³/mol. The Balaban J connectivity index is 2.36. The van der Waals surface area contributed by atoms with E-state index in [4.69, 9.17) is 0 Å². The summed E-state index contributed by atoms with van der Waals surface area (Å²) in [7, 11) is 0. The molecule has 1 fully saturated rings. The molecule has 2 rings (SSSR count). The Hall–Kier alpha value is -0.790. The molecule has 1 aliphatic rings. The molecule has 0 N–H and O–H groups in total. The van der Waals surface area contributed by atoms with Crippen LogP contribution in [0.2, 0.25) is 0 Å². The maximum atomic E-state index is 4.36. The Morgan fingerprint density at radius 1 is 1.42 bits per heavy atom. The van der Waals surface area contributed by atoms with Gasteiger partial charge in [-0.25, -0.2) is 0 Å². The second-order valence-corrected chi connectivity index (χ2v) is 4.64. The summed E-state index contributed by atoms with van der Waals surface area (Å²) < 4.78 is 2.19. The van der Waals surface area contributed by atoms with Crippen molar-refractivity contribution < 1.29 is 0 Å². The minimum Gasteiger partial charge on any atom is -0.266 e. The van der Waals surface area contributed by atoms with Crippen molar-refractivity contribution in [2.45, 2.75) is 45.1 Å². The lowest BCUT2D eigenvalue weighted by Crippen LogP contribution is -2.17. The Morgan fingerprint density at radius 3 is 2.58 bits per heavy atom. The topological polar surface area (TPSA) is 17.8 Å². The minimum absolute atomic E-state index is 0.235. The third-order valence-electron chi connectivity index (χ3n) is 2.33. The van der Waals surface area contributed by atoms with Gasteiger partial charge in [-0.05, 0) is 18.9 Å². The van der Waals surface area contributed by atoms with E-state index in [2.05, 4.69) is 36.6 Å². The first-order valence-electron chi connectivity index (χ1n) is 4.63. The van der Waals surface area contributed by atoms with Crippen molar-refractivity contribution in [3.8, 4) is 0 Å². The summed E-state index contributed by atoms with van der Waals surface area (Å²) in [6.45, 7) is 6.72. The summed E-state index contributed by atoms with van der Waals surface area (Å²) in [4.78, 5) is 0. The fourth-order valence-corrected chi connectivity index (χ4v) is 1.52. The number of aromatic nitrogens is 2. The van der Waals surface area contributed by atoms with E-state index in [0.717, 1.165) is 0 Å². The molecule has 0 atom stereocenters. The molecule has 66 valence electrons. The second-order valence-electron chi connectivity index (χ2n) is 4.64. The van der Waals surface area contributed by atoms with E-state index in [0.29, 0.717) is 6.04 Å². The van der Waals surface area contributed by atoms with Crippen LogP contribution in [0, 0.1) is 0 Å². The van der Waals surface area contributed by atoms with Gasteiger partial charge in [-0.2, -0.15) is 5.10 Å². The number of rotatable bonds is 1. The number of hydrogen-bond acceptors (Lipinski definition) is 1. The Bertz CT molecular complexity index is 276. The zero-order valence-electron chi connectivity index (χ0n) is 8.04. The first-order valence-corrected chi connectivity index (χ1v) is 4.63. The second kappa shape index (κ2) is 2.35. The summed E-state index contributed by atoms with van der Waals surface area (Å²) in [6, 6.07) is 2.84. The molecule has 0 spiro atoms. The van der Waals surface area contributed by atoms with Crippen LogP contribution in [-0.4, -0.2) is 9.78 Å². The fraction of sp³-hybridized carbons (Fsp3) is 0.700. The van der Waals surface area contributed by atoms with Gasteiger partial charge in [0.1, 0.15) is 0 Å². The van der Waals surface area contributed by atoms with Gasteiger partial charge in [0.25, 0.3) is 0 Å². The van der Waals surface area contributed by atoms with Crippen LogP contribution in [0.4, 0.5) is 0 Å². The van der Waals surface area contributed by atoms with E-state index in [1.54, 1.807) is 0 Å². The average molecular weight is 164 g/mol. The van der Waals surface area contributed by atoms with Crippen LogP contribution in [0.3, 0.4) is 0 Å². The molecule has 1 saturated carbocycles. The van der Waals surface area contributed by atoms with Crippen LogP contribution in [0.25, 0.3) is 0 Å². The maximum absolute atomic E-state index is 4.36. The molecule has 1 aromatic rings. The Kier molecular flexibility index (Phi) is 1.53. The van der Waals surface area contributed by atoms with Crippen LogP contribution in [0.15, 0.2) is 12.3 Å². The van der Waals surface area contributed by atoms with E-state index in [1.807, 2.05) is 6.20 Å². The standard InChI is InChI=1S/C10H16N2/c1-10(2,3)9-6-7-11-12(9)8-4-5-8/h6-8H,4-5H2,1-3H3. The quantitative estimate of drug-likeness (QED) is 0.623. The van der Waals surface area contributed by atoms with E-state index < -0.39 is 0 Å². The highest BCUT2D eigenvalue weighted by molar-refractivity contribution is 5.13. The summed E-state index contributed by atoms with van der Waals surface area (Å²) >= 11 is 0. The van der Waals surface area contributed by atoms with Crippen molar-refractivity contribution in [3.05, 3.63) is 18.0 Å². The third kappa shape index (κ3) is 1.26. The van der Waals surface area contributed by atoms with Gasteiger partial charge in [-0.15, -0.1) is 0 Å². The highest BCUT2D eigenvalue weighted by atomic mass is 15.3. The Labute approximate surface area is 73.6 Å². The van der Waals surface area contributed by atoms with Crippen molar-refractivity contribution >= 4 is 0 Å². The van der Waals surface area contributed by atoms with Crippen molar-refractivity contribution in [2.24, 2.45) is 0 Å². The molecule has 0 aromatic carbocycles. The maximum Gasteiger partial charge on any atom is 0.0524 e. The zero-order chi connectivity index (χ0) is 8.77. The van der Waals surface area contributed by atoms with Gasteiger partial charge in [-0.1, -0.05) is 20.8 Å². The van der Waals surface area contributed by atoms with Gasteiger partial charge in [0, 0.05) is 17.3 Å². The van der Waals surface area contributed by atoms with Crippen LogP contribution in [0.1, 0.15) is 45.3 Å². The third-order valence-corrected chi connectivity index (χ3v) is 2.33. The van der Waals surface area contributed by atoms with Crippen LogP contribution < -0.4 is 0 Å².